The number of aromatic nitrogens is 1. The SMILES string of the molecule is O=C(CC12CC3CC(CC(C3)C1)C2)Nc1cc(NC(CO)c2ccccc2)nc2ccccc12. The average Bonchev–Trinajstić information content (AvgIpc) is 2.82. The highest BCUT2D eigenvalue weighted by Gasteiger charge is 2.51. The number of aliphatic hydroxyl groups excluding tert-OH is 1. The number of para-hydroxylation sites is 1. The second-order valence-electron chi connectivity index (χ2n) is 11.0. The van der Waals surface area contributed by atoms with Crippen LogP contribution in [0.25, 0.3) is 10.9 Å². The van der Waals surface area contributed by atoms with E-state index in [1.165, 1.54) is 38.5 Å². The van der Waals surface area contributed by atoms with E-state index in [1.807, 2.05) is 60.7 Å². The van der Waals surface area contributed by atoms with Gasteiger partial charge in [-0.05, 0) is 73.3 Å². The minimum atomic E-state index is -0.273. The van der Waals surface area contributed by atoms with Crippen molar-refractivity contribution in [2.45, 2.75) is 51.0 Å². The summed E-state index contributed by atoms with van der Waals surface area (Å²) >= 11 is 0. The molecule has 1 atom stereocenters. The third-order valence-corrected chi connectivity index (χ3v) is 8.40. The summed E-state index contributed by atoms with van der Waals surface area (Å²) in [6.45, 7) is -0.0494. The van der Waals surface area contributed by atoms with Crippen LogP contribution in [0, 0.1) is 23.2 Å². The van der Waals surface area contributed by atoms with Crippen LogP contribution in [0.3, 0.4) is 0 Å². The van der Waals surface area contributed by atoms with Crippen LogP contribution >= 0.6 is 0 Å². The Hall–Kier alpha value is -2.92. The van der Waals surface area contributed by atoms with Crippen molar-refractivity contribution in [2.75, 3.05) is 17.2 Å². The van der Waals surface area contributed by atoms with E-state index in [4.69, 9.17) is 4.98 Å². The molecule has 3 N–H and O–H groups in total. The topological polar surface area (TPSA) is 74.2 Å². The number of hydrogen-bond donors (Lipinski definition) is 3. The first kappa shape index (κ1) is 21.6. The molecule has 3 aromatic rings. The van der Waals surface area contributed by atoms with Gasteiger partial charge in [0.15, 0.2) is 0 Å². The van der Waals surface area contributed by atoms with E-state index in [2.05, 4.69) is 10.6 Å². The molecule has 4 fully saturated rings. The van der Waals surface area contributed by atoms with Crippen molar-refractivity contribution >= 4 is 28.3 Å². The number of pyridine rings is 1. The molecule has 2 aromatic carbocycles. The highest BCUT2D eigenvalue weighted by molar-refractivity contribution is 6.02. The Morgan fingerprint density at radius 1 is 0.971 bits per heavy atom. The summed E-state index contributed by atoms with van der Waals surface area (Å²) in [5.41, 5.74) is 2.81. The number of rotatable bonds is 7. The van der Waals surface area contributed by atoms with Crippen molar-refractivity contribution in [3.63, 3.8) is 0 Å². The predicted octanol–water partition coefficient (Wildman–Crippen LogP) is 5.93. The minimum Gasteiger partial charge on any atom is -0.394 e. The molecule has 1 amide bonds. The molecule has 176 valence electrons. The number of hydrogen-bond acceptors (Lipinski definition) is 4. The van der Waals surface area contributed by atoms with Gasteiger partial charge in [0.05, 0.1) is 23.9 Å². The van der Waals surface area contributed by atoms with Crippen LogP contribution in [0.5, 0.6) is 0 Å². The molecule has 0 spiro atoms. The molecule has 1 heterocycles. The zero-order chi connectivity index (χ0) is 23.1. The molecule has 0 saturated heterocycles. The maximum atomic E-state index is 13.4. The summed E-state index contributed by atoms with van der Waals surface area (Å²) in [5.74, 6) is 3.28. The fourth-order valence-electron chi connectivity index (χ4n) is 7.49. The third-order valence-electron chi connectivity index (χ3n) is 8.40. The second-order valence-corrected chi connectivity index (χ2v) is 11.0. The number of aliphatic hydroxyl groups is 1. The summed E-state index contributed by atoms with van der Waals surface area (Å²) in [5, 5.41) is 17.6. The number of carbonyl (C=O) groups is 1. The Kier molecular flexibility index (Phi) is 5.53. The van der Waals surface area contributed by atoms with Gasteiger partial charge in [0.1, 0.15) is 5.82 Å². The molecular weight excluding hydrogens is 422 g/mol. The van der Waals surface area contributed by atoms with Gasteiger partial charge in [-0.2, -0.15) is 0 Å². The highest BCUT2D eigenvalue weighted by atomic mass is 16.3. The van der Waals surface area contributed by atoms with E-state index in [-0.39, 0.29) is 24.0 Å². The molecule has 1 aromatic heterocycles. The maximum absolute atomic E-state index is 13.4. The lowest BCUT2D eigenvalue weighted by atomic mass is 9.49. The Bertz CT molecular complexity index is 1160. The summed E-state index contributed by atoms with van der Waals surface area (Å²) in [7, 11) is 0. The summed E-state index contributed by atoms with van der Waals surface area (Å²) in [4.78, 5) is 18.1. The van der Waals surface area contributed by atoms with Crippen LogP contribution in [0.15, 0.2) is 60.7 Å². The maximum Gasteiger partial charge on any atom is 0.224 e. The highest BCUT2D eigenvalue weighted by Crippen LogP contribution is 2.61. The molecule has 4 bridgehead atoms. The van der Waals surface area contributed by atoms with Crippen molar-refractivity contribution < 1.29 is 9.90 Å². The molecule has 34 heavy (non-hydrogen) atoms. The standard InChI is InChI=1S/C29H33N3O2/c33-18-26(22-6-2-1-3-7-22)31-27-13-25(23-8-4-5-9-24(23)30-27)32-28(34)17-29-14-19-10-20(15-29)12-21(11-19)16-29/h1-9,13,19-21,26,33H,10-12,14-18H2,(H2,30,31,32,34). The number of anilines is 2. The molecule has 5 nitrogen and oxygen atoms in total. The number of fused-ring (bicyclic) bond motifs is 1. The number of amides is 1. The number of benzene rings is 2. The Morgan fingerprint density at radius 3 is 2.29 bits per heavy atom. The van der Waals surface area contributed by atoms with Crippen LogP contribution < -0.4 is 10.6 Å². The molecule has 4 aliphatic rings. The van der Waals surface area contributed by atoms with Crippen molar-refractivity contribution in [1.82, 2.24) is 4.98 Å². The van der Waals surface area contributed by atoms with Gasteiger partial charge >= 0.3 is 0 Å². The van der Waals surface area contributed by atoms with Crippen molar-refractivity contribution in [3.05, 3.63) is 66.2 Å². The summed E-state index contributed by atoms with van der Waals surface area (Å²) in [6, 6.07) is 19.4. The predicted molar refractivity (Wildman–Crippen MR) is 135 cm³/mol. The smallest absolute Gasteiger partial charge is 0.224 e. The van der Waals surface area contributed by atoms with Crippen LogP contribution in [0.1, 0.15) is 56.6 Å². The van der Waals surface area contributed by atoms with Gasteiger partial charge in [-0.3, -0.25) is 4.79 Å². The Balaban J connectivity index is 1.24. The molecule has 5 heteroatoms. The lowest BCUT2D eigenvalue weighted by Crippen LogP contribution is -2.47. The molecule has 0 radical (unpaired) electrons. The molecule has 0 aliphatic heterocycles. The zero-order valence-electron chi connectivity index (χ0n) is 19.5. The van der Waals surface area contributed by atoms with Crippen LogP contribution in [0.4, 0.5) is 11.5 Å². The Morgan fingerprint density at radius 2 is 1.62 bits per heavy atom. The zero-order valence-corrected chi connectivity index (χ0v) is 19.5. The minimum absolute atomic E-state index is 0.0494. The summed E-state index contributed by atoms with van der Waals surface area (Å²) < 4.78 is 0. The largest absolute Gasteiger partial charge is 0.394 e. The lowest BCUT2D eigenvalue weighted by molar-refractivity contribution is -0.124. The van der Waals surface area contributed by atoms with E-state index >= 15 is 0 Å². The first-order chi connectivity index (χ1) is 16.6. The fraction of sp³-hybridized carbons (Fsp3) is 0.448. The van der Waals surface area contributed by atoms with Crippen LogP contribution in [-0.2, 0) is 4.79 Å². The number of carbonyl (C=O) groups excluding carboxylic acids is 1. The number of nitrogens with zero attached hydrogens (tertiary/aromatic N) is 1. The van der Waals surface area contributed by atoms with E-state index in [9.17, 15) is 9.90 Å². The average molecular weight is 456 g/mol. The fourth-order valence-corrected chi connectivity index (χ4v) is 7.49. The first-order valence-corrected chi connectivity index (χ1v) is 12.7. The van der Waals surface area contributed by atoms with Gasteiger partial charge in [-0.25, -0.2) is 4.98 Å². The quantitative estimate of drug-likeness (QED) is 0.413. The van der Waals surface area contributed by atoms with E-state index < -0.39 is 0 Å². The number of nitrogens with one attached hydrogen (secondary N) is 2. The van der Waals surface area contributed by atoms with Crippen molar-refractivity contribution in [3.8, 4) is 0 Å². The summed E-state index contributed by atoms with van der Waals surface area (Å²) in [6.07, 6.45) is 8.47. The monoisotopic (exact) mass is 455 g/mol. The van der Waals surface area contributed by atoms with Crippen LogP contribution in [-0.4, -0.2) is 22.6 Å². The third kappa shape index (κ3) is 4.18. The van der Waals surface area contributed by atoms with Gasteiger partial charge in [0.2, 0.25) is 5.91 Å². The Labute approximate surface area is 201 Å². The lowest BCUT2D eigenvalue weighted by Gasteiger charge is -2.56. The van der Waals surface area contributed by atoms with Gasteiger partial charge in [0.25, 0.3) is 0 Å². The van der Waals surface area contributed by atoms with Gasteiger partial charge in [-0.1, -0.05) is 48.5 Å². The van der Waals surface area contributed by atoms with Gasteiger partial charge in [-0.15, -0.1) is 0 Å². The van der Waals surface area contributed by atoms with Crippen molar-refractivity contribution in [1.29, 1.82) is 0 Å². The molecule has 4 aliphatic carbocycles. The second kappa shape index (κ2) is 8.70. The molecule has 7 rings (SSSR count). The molecule has 4 saturated carbocycles. The van der Waals surface area contributed by atoms with Crippen LogP contribution in [0.2, 0.25) is 0 Å². The molecular formula is C29H33N3O2. The van der Waals surface area contributed by atoms with Crippen molar-refractivity contribution in [2.24, 2.45) is 23.2 Å². The normalized spacial score (nSPS) is 28.1. The van der Waals surface area contributed by atoms with E-state index in [1.54, 1.807) is 0 Å². The van der Waals surface area contributed by atoms with E-state index in [0.717, 1.165) is 39.9 Å². The van der Waals surface area contributed by atoms with E-state index in [0.29, 0.717) is 12.2 Å². The van der Waals surface area contributed by atoms with Gasteiger partial charge in [0, 0.05) is 17.9 Å². The first-order valence-electron chi connectivity index (χ1n) is 12.7. The van der Waals surface area contributed by atoms with Gasteiger partial charge < -0.3 is 15.7 Å². The molecule has 1 unspecified atom stereocenters.